The fourth-order valence-electron chi connectivity index (χ4n) is 3.86. The van der Waals surface area contributed by atoms with Crippen molar-refractivity contribution in [2.24, 2.45) is 0 Å². The molecule has 0 saturated heterocycles. The minimum absolute atomic E-state index is 0.121. The van der Waals surface area contributed by atoms with Gasteiger partial charge < -0.3 is 20.4 Å². The van der Waals surface area contributed by atoms with E-state index in [4.69, 9.17) is 4.74 Å². The van der Waals surface area contributed by atoms with Gasteiger partial charge in [0.1, 0.15) is 16.4 Å². The topological polar surface area (TPSA) is 113 Å². The lowest BCUT2D eigenvalue weighted by Crippen LogP contribution is -2.17. The first-order valence-corrected chi connectivity index (χ1v) is 11.0. The van der Waals surface area contributed by atoms with Crippen LogP contribution in [0.4, 0.5) is 11.4 Å². The number of nitrogens with zero attached hydrogens (tertiary/aromatic N) is 1. The second-order valence-corrected chi connectivity index (χ2v) is 8.63. The molecular weight excluding hydrogens is 416 g/mol. The number of aryl methyl sites for hydroxylation is 3. The van der Waals surface area contributed by atoms with Crippen LogP contribution in [0.15, 0.2) is 23.0 Å². The molecular formula is C22H24N4O4S. The molecule has 3 aromatic rings. The number of benzene rings is 1. The average Bonchev–Trinajstić information content (AvgIpc) is 3.11. The molecule has 2 aromatic heterocycles. The highest BCUT2D eigenvalue weighted by molar-refractivity contribution is 7.18. The number of methoxy groups -OCH3 is 1. The van der Waals surface area contributed by atoms with Crippen molar-refractivity contribution in [3.63, 3.8) is 0 Å². The predicted molar refractivity (Wildman–Crippen MR) is 121 cm³/mol. The van der Waals surface area contributed by atoms with Gasteiger partial charge in [-0.2, -0.15) is 0 Å². The summed E-state index contributed by atoms with van der Waals surface area (Å²) < 4.78 is 5.29. The maximum Gasteiger partial charge on any atom is 0.259 e. The average molecular weight is 441 g/mol. The molecule has 2 heterocycles. The third-order valence-corrected chi connectivity index (χ3v) is 6.44. The van der Waals surface area contributed by atoms with E-state index in [1.165, 1.54) is 18.9 Å². The molecule has 162 valence electrons. The molecule has 3 N–H and O–H groups in total. The molecule has 0 atom stereocenters. The number of hydrogen-bond donors (Lipinski definition) is 3. The Labute approximate surface area is 183 Å². The zero-order valence-corrected chi connectivity index (χ0v) is 18.3. The van der Waals surface area contributed by atoms with Crippen LogP contribution in [0.5, 0.6) is 5.75 Å². The Morgan fingerprint density at radius 1 is 1.23 bits per heavy atom. The van der Waals surface area contributed by atoms with E-state index in [9.17, 15) is 14.4 Å². The number of aromatic nitrogens is 2. The van der Waals surface area contributed by atoms with E-state index in [-0.39, 0.29) is 23.8 Å². The standard InChI is InChI=1S/C22H24N4O4S/c1-12(27)23-13-7-8-16(30-2)15(11-13)24-19(28)10-9-18-25-21(29)20-14-5-3-4-6-17(14)31-22(20)26-18/h7-8,11H,3-6,9-10H2,1-2H3,(H,23,27)(H,24,28)(H,25,26,29). The summed E-state index contributed by atoms with van der Waals surface area (Å²) in [7, 11) is 1.51. The SMILES string of the molecule is COc1ccc(NC(C)=O)cc1NC(=O)CCc1nc2sc3c(c2c(=O)[nH]1)CCCC3. The van der Waals surface area contributed by atoms with Crippen molar-refractivity contribution in [1.29, 1.82) is 0 Å². The van der Waals surface area contributed by atoms with Crippen LogP contribution in [0.3, 0.4) is 0 Å². The summed E-state index contributed by atoms with van der Waals surface area (Å²) in [5.41, 5.74) is 2.04. The van der Waals surface area contributed by atoms with Crippen LogP contribution in [0.1, 0.15) is 42.5 Å². The van der Waals surface area contributed by atoms with E-state index >= 15 is 0 Å². The van der Waals surface area contributed by atoms with Crippen molar-refractivity contribution >= 4 is 44.7 Å². The fraction of sp³-hybridized carbons (Fsp3) is 0.364. The normalized spacial score (nSPS) is 13.0. The van der Waals surface area contributed by atoms with Crippen LogP contribution in [-0.2, 0) is 28.9 Å². The first-order valence-electron chi connectivity index (χ1n) is 10.2. The molecule has 31 heavy (non-hydrogen) atoms. The molecule has 4 rings (SSSR count). The zero-order valence-electron chi connectivity index (χ0n) is 17.5. The summed E-state index contributed by atoms with van der Waals surface area (Å²) >= 11 is 1.59. The third kappa shape index (κ3) is 4.61. The van der Waals surface area contributed by atoms with E-state index in [2.05, 4.69) is 20.6 Å². The van der Waals surface area contributed by atoms with Gasteiger partial charge in [-0.3, -0.25) is 14.4 Å². The minimum atomic E-state index is -0.244. The Morgan fingerprint density at radius 2 is 2.03 bits per heavy atom. The molecule has 0 aliphatic heterocycles. The number of fused-ring (bicyclic) bond motifs is 3. The van der Waals surface area contributed by atoms with Crippen molar-refractivity contribution < 1.29 is 14.3 Å². The van der Waals surface area contributed by atoms with Gasteiger partial charge in [-0.1, -0.05) is 0 Å². The van der Waals surface area contributed by atoms with Crippen LogP contribution in [0.25, 0.3) is 10.2 Å². The highest BCUT2D eigenvalue weighted by Gasteiger charge is 2.20. The minimum Gasteiger partial charge on any atom is -0.495 e. The number of ether oxygens (including phenoxy) is 1. The second kappa shape index (κ2) is 8.89. The van der Waals surface area contributed by atoms with Crippen LogP contribution < -0.4 is 20.9 Å². The van der Waals surface area contributed by atoms with E-state index in [0.29, 0.717) is 34.8 Å². The van der Waals surface area contributed by atoms with Gasteiger partial charge in [0.15, 0.2) is 0 Å². The molecule has 1 aromatic carbocycles. The number of nitrogens with one attached hydrogen (secondary N) is 3. The van der Waals surface area contributed by atoms with Gasteiger partial charge >= 0.3 is 0 Å². The van der Waals surface area contributed by atoms with Crippen molar-refractivity contribution in [2.75, 3.05) is 17.7 Å². The Balaban J connectivity index is 1.47. The quantitative estimate of drug-likeness (QED) is 0.544. The number of H-pyrrole nitrogens is 1. The lowest BCUT2D eigenvalue weighted by molar-refractivity contribution is -0.116. The highest BCUT2D eigenvalue weighted by atomic mass is 32.1. The number of carbonyl (C=O) groups is 2. The van der Waals surface area contributed by atoms with Crippen molar-refractivity contribution in [3.05, 3.63) is 44.8 Å². The van der Waals surface area contributed by atoms with Gasteiger partial charge in [0.25, 0.3) is 5.56 Å². The van der Waals surface area contributed by atoms with Crippen LogP contribution in [0, 0.1) is 0 Å². The Kier molecular flexibility index (Phi) is 6.03. The van der Waals surface area contributed by atoms with E-state index < -0.39 is 0 Å². The van der Waals surface area contributed by atoms with Crippen molar-refractivity contribution in [3.8, 4) is 5.75 Å². The molecule has 0 fully saturated rings. The monoisotopic (exact) mass is 440 g/mol. The van der Waals surface area contributed by atoms with Crippen molar-refractivity contribution in [1.82, 2.24) is 9.97 Å². The van der Waals surface area contributed by atoms with Crippen LogP contribution in [0.2, 0.25) is 0 Å². The molecule has 9 heteroatoms. The molecule has 8 nitrogen and oxygen atoms in total. The molecule has 1 aliphatic rings. The number of aromatic amines is 1. The molecule has 0 unspecified atom stereocenters. The smallest absolute Gasteiger partial charge is 0.259 e. The molecule has 1 aliphatic carbocycles. The Bertz CT molecular complexity index is 1210. The van der Waals surface area contributed by atoms with Crippen molar-refractivity contribution in [2.45, 2.75) is 45.4 Å². The van der Waals surface area contributed by atoms with E-state index in [1.807, 2.05) is 0 Å². The summed E-state index contributed by atoms with van der Waals surface area (Å²) in [4.78, 5) is 45.9. The molecule has 0 radical (unpaired) electrons. The number of rotatable bonds is 6. The molecule has 2 amide bonds. The number of thiophene rings is 1. The maximum atomic E-state index is 12.6. The third-order valence-electron chi connectivity index (χ3n) is 5.26. The summed E-state index contributed by atoms with van der Waals surface area (Å²) in [6, 6.07) is 5.01. The van der Waals surface area contributed by atoms with E-state index in [0.717, 1.165) is 36.1 Å². The summed E-state index contributed by atoms with van der Waals surface area (Å²) in [5.74, 6) is 0.541. The van der Waals surface area contributed by atoms with Gasteiger partial charge in [-0.15, -0.1) is 11.3 Å². The molecule has 0 bridgehead atoms. The highest BCUT2D eigenvalue weighted by Crippen LogP contribution is 2.33. The number of hydrogen-bond acceptors (Lipinski definition) is 6. The van der Waals surface area contributed by atoms with Gasteiger partial charge in [0.2, 0.25) is 11.8 Å². The van der Waals surface area contributed by atoms with Gasteiger partial charge in [-0.25, -0.2) is 4.98 Å². The van der Waals surface area contributed by atoms with Gasteiger partial charge in [0.05, 0.1) is 18.2 Å². The zero-order chi connectivity index (χ0) is 22.0. The molecule has 0 saturated carbocycles. The predicted octanol–water partition coefficient (Wildman–Crippen LogP) is 3.40. The number of carbonyl (C=O) groups excluding carboxylic acids is 2. The lowest BCUT2D eigenvalue weighted by Gasteiger charge is -2.12. The first kappa shape index (κ1) is 21.0. The fourth-order valence-corrected chi connectivity index (χ4v) is 5.14. The Hall–Kier alpha value is -3.20. The van der Waals surface area contributed by atoms with Gasteiger partial charge in [-0.05, 0) is 49.4 Å². The Morgan fingerprint density at radius 3 is 2.81 bits per heavy atom. The maximum absolute atomic E-state index is 12.6. The number of anilines is 2. The van der Waals surface area contributed by atoms with Crippen LogP contribution >= 0.6 is 11.3 Å². The van der Waals surface area contributed by atoms with Gasteiger partial charge in [0, 0.05) is 30.3 Å². The van der Waals surface area contributed by atoms with Crippen LogP contribution in [-0.4, -0.2) is 28.9 Å². The number of amides is 2. The lowest BCUT2D eigenvalue weighted by atomic mass is 9.97. The van der Waals surface area contributed by atoms with E-state index in [1.54, 1.807) is 29.5 Å². The summed E-state index contributed by atoms with van der Waals surface area (Å²) in [5, 5.41) is 6.20. The summed E-state index contributed by atoms with van der Waals surface area (Å²) in [6.45, 7) is 1.41. The second-order valence-electron chi connectivity index (χ2n) is 7.55. The largest absolute Gasteiger partial charge is 0.495 e. The first-order chi connectivity index (χ1) is 14.9. The molecule has 0 spiro atoms. The summed E-state index contributed by atoms with van der Waals surface area (Å²) in [6.07, 6.45) is 4.65.